The minimum absolute atomic E-state index is 0.0481. The lowest BCUT2D eigenvalue weighted by Gasteiger charge is -2.41. The molecule has 1 amide bonds. The zero-order chi connectivity index (χ0) is 79.4. The summed E-state index contributed by atoms with van der Waals surface area (Å²) in [6.07, 6.45) is 13.6. The molecule has 5 aromatic carbocycles. The zero-order valence-corrected chi connectivity index (χ0v) is 66.7. The second kappa shape index (κ2) is 36.6. The van der Waals surface area contributed by atoms with Crippen LogP contribution < -0.4 is 47.5 Å². The van der Waals surface area contributed by atoms with Crippen molar-refractivity contribution in [3.8, 4) is 34.0 Å². The molecule has 11 N–H and O–H groups in total. The highest BCUT2D eigenvalue weighted by atomic mass is 35.5. The number of nitrogen functional groups attached to an aromatic ring is 2. The number of carbonyl (C=O) groups is 1. The maximum atomic E-state index is 14.1. The number of fused-ring (bicyclic) bond motifs is 4. The van der Waals surface area contributed by atoms with Crippen LogP contribution in [-0.4, -0.2) is 226 Å². The number of H-pyrrole nitrogens is 1. The van der Waals surface area contributed by atoms with Crippen molar-refractivity contribution in [2.45, 2.75) is 115 Å². The molecule has 4 fully saturated rings. The van der Waals surface area contributed by atoms with Crippen molar-refractivity contribution in [2.75, 3.05) is 146 Å². The van der Waals surface area contributed by atoms with Gasteiger partial charge >= 0.3 is 0 Å². The molecule has 600 valence electrons. The molecule has 2 aliphatic carbocycles. The molecule has 0 bridgehead atoms. The number of nitrogens with one attached hydrogen (secondary N) is 6. The average molecular weight is 1570 g/mol. The number of aryl methyl sites for hydroxylation is 1. The smallest absolute Gasteiger partial charge is 0.272 e. The maximum Gasteiger partial charge on any atom is 0.272 e. The van der Waals surface area contributed by atoms with E-state index in [2.05, 4.69) is 110 Å². The summed E-state index contributed by atoms with van der Waals surface area (Å²) in [4.78, 5) is 53.5. The Labute approximate surface area is 667 Å². The molecule has 2 aliphatic heterocycles. The number of benzene rings is 5. The fraction of sp³-hybridized carbons (Fsp3) is 0.422. The second-order valence-electron chi connectivity index (χ2n) is 30.4. The second-order valence-corrected chi connectivity index (χ2v) is 30.8. The number of nitrogens with zero attached hydrogens (tertiary/aromatic N) is 16. The lowest BCUT2D eigenvalue weighted by atomic mass is 9.90. The summed E-state index contributed by atoms with van der Waals surface area (Å²) < 4.78 is 36.6. The van der Waals surface area contributed by atoms with E-state index in [-0.39, 0.29) is 30.4 Å². The van der Waals surface area contributed by atoms with E-state index in [0.29, 0.717) is 95.2 Å². The van der Waals surface area contributed by atoms with Gasteiger partial charge in [0, 0.05) is 142 Å². The number of halogens is 2. The molecule has 4 aliphatic rings. The van der Waals surface area contributed by atoms with E-state index < -0.39 is 5.54 Å². The summed E-state index contributed by atoms with van der Waals surface area (Å²) >= 11 is 6.17. The van der Waals surface area contributed by atoms with Gasteiger partial charge in [0.25, 0.3) is 5.91 Å². The standard InChI is InChI=1S/C32H37N9O2.C29H34ClFN8.C22H33N7O3/c1-39-13-15-40(16-14-39)22-8-10-23(11-9-22)41-31-28(30(33)34-19-35-31)29(38-41)21-7-12-25(27(18-21)43-2)37-32(42)26-17-20-5-3-4-6-24(20)36-26;1-37-13-15-38(16-14-37)21-9-11-22(12-10-21)39-29-26(28(32)34-18-35-29)27(36-39)19-5-7-20(8-6-19)33-17-23-24(30)3-2-4-25(23)31;1-5-29-20-18(14-24-29)19(26-21(27-20)28-22(2,3)15-30)25-16-6-8-17(9-7-16)32-13-11-23-10-12-31-4/h3-7,12,17-19,22-23,36H,8-11,13-16H2,1-2H3,(H,37,42)(H2,33,34,35);2-8,18,21-22,33H,9-17H2,1H3,(H2,32,34,35);6-9,14,23,30H,5,10-13,15H2,1-4H3,(H2,25,26,27,28). The number of nitrogens with two attached hydrogens (primary N) is 2. The van der Waals surface area contributed by atoms with Gasteiger partial charge in [-0.25, -0.2) is 38.4 Å². The number of carbonyl (C=O) groups excluding carboxylic acids is 1. The lowest BCUT2D eigenvalue weighted by molar-refractivity contribution is 0.0815. The molecule has 29 nitrogen and oxygen atoms in total. The van der Waals surface area contributed by atoms with Crippen LogP contribution in [0.3, 0.4) is 0 Å². The topological polar surface area (TPSA) is 337 Å². The SMILES string of the molecule is CCn1ncc2c(Nc3ccc(OCCNCCOC)cc3)nc(NC(C)(C)CO)nc21.CN1CCN(C2CCC(n3nc(-c4ccc(NCc5c(F)cccc5Cl)cc4)c4c(N)ncnc43)CC2)CC1.COc1cc(-c2nn(C3CCC(N4CCN(C)CC4)CC3)c3ncnc(N)c23)ccc1NC(=O)c1cc2ccccc2[nH]1. The van der Waals surface area contributed by atoms with E-state index in [4.69, 9.17) is 47.5 Å². The summed E-state index contributed by atoms with van der Waals surface area (Å²) in [5, 5.41) is 43.9. The van der Waals surface area contributed by atoms with Crippen LogP contribution in [0.5, 0.6) is 11.5 Å². The molecule has 0 unspecified atom stereocenters. The summed E-state index contributed by atoms with van der Waals surface area (Å²) in [6.45, 7) is 18.7. The fourth-order valence-electron chi connectivity index (χ4n) is 15.6. The van der Waals surface area contributed by atoms with Crippen LogP contribution in [0.25, 0.3) is 66.5 Å². The van der Waals surface area contributed by atoms with E-state index in [1.165, 1.54) is 18.7 Å². The van der Waals surface area contributed by atoms with Gasteiger partial charge in [0.15, 0.2) is 16.9 Å². The third-order valence-corrected chi connectivity index (χ3v) is 22.5. The number of amides is 1. The number of ether oxygens (including phenoxy) is 3. The zero-order valence-electron chi connectivity index (χ0n) is 65.9. The predicted octanol–water partition coefficient (Wildman–Crippen LogP) is 12.1. The highest BCUT2D eigenvalue weighted by Crippen LogP contribution is 2.42. The van der Waals surface area contributed by atoms with Crippen molar-refractivity contribution < 1.29 is 28.5 Å². The Bertz CT molecular complexity index is 5160. The van der Waals surface area contributed by atoms with Gasteiger partial charge in [-0.2, -0.15) is 25.3 Å². The monoisotopic (exact) mass is 1570 g/mol. The maximum absolute atomic E-state index is 14.1. The molecular formula is C83H104ClFN24O5. The van der Waals surface area contributed by atoms with Gasteiger partial charge < -0.3 is 72.2 Å². The molecule has 114 heavy (non-hydrogen) atoms. The molecule has 9 heterocycles. The number of rotatable bonds is 25. The lowest BCUT2D eigenvalue weighted by Crippen LogP contribution is -2.49. The first-order chi connectivity index (χ1) is 55.4. The van der Waals surface area contributed by atoms with Gasteiger partial charge in [0.05, 0.1) is 66.0 Å². The summed E-state index contributed by atoms with van der Waals surface area (Å²) in [5.41, 5.74) is 21.8. The van der Waals surface area contributed by atoms with E-state index >= 15 is 0 Å². The molecule has 12 aromatic rings. The quantitative estimate of drug-likeness (QED) is 0.0240. The number of aromatic nitrogens is 13. The number of likely N-dealkylation sites (N-methyl/N-ethyl adjacent to an activating group) is 2. The van der Waals surface area contributed by atoms with E-state index in [1.807, 2.05) is 123 Å². The van der Waals surface area contributed by atoms with Crippen LogP contribution in [0.15, 0.2) is 134 Å². The van der Waals surface area contributed by atoms with Crippen molar-refractivity contribution in [3.05, 3.63) is 156 Å². The number of anilines is 7. The molecule has 0 atom stereocenters. The molecule has 16 rings (SSSR count). The molecular weight excluding hydrogens is 1470 g/mol. The highest BCUT2D eigenvalue weighted by Gasteiger charge is 2.34. The van der Waals surface area contributed by atoms with Crippen molar-refractivity contribution in [3.63, 3.8) is 0 Å². The summed E-state index contributed by atoms with van der Waals surface area (Å²) in [5.74, 6) is 2.64. The number of piperazine rings is 2. The van der Waals surface area contributed by atoms with E-state index in [0.717, 1.165) is 195 Å². The third kappa shape index (κ3) is 18.7. The molecule has 7 aromatic heterocycles. The number of hydrogen-bond donors (Lipinski definition) is 9. The Morgan fingerprint density at radius 2 is 1.26 bits per heavy atom. The van der Waals surface area contributed by atoms with Crippen molar-refractivity contribution >= 4 is 102 Å². The number of aromatic amines is 1. The highest BCUT2D eigenvalue weighted by molar-refractivity contribution is 6.31. The normalized spacial score (nSPS) is 18.0. The van der Waals surface area contributed by atoms with Crippen molar-refractivity contribution in [1.82, 2.24) is 89.1 Å². The Morgan fingerprint density at radius 3 is 1.85 bits per heavy atom. The van der Waals surface area contributed by atoms with Crippen LogP contribution >= 0.6 is 11.6 Å². The molecule has 0 radical (unpaired) electrons. The van der Waals surface area contributed by atoms with Crippen LogP contribution in [0.1, 0.15) is 100 Å². The third-order valence-electron chi connectivity index (χ3n) is 22.1. The average Bonchev–Trinajstić information content (AvgIpc) is 1.61. The van der Waals surface area contributed by atoms with Gasteiger partial charge in [0.1, 0.15) is 71.1 Å². The summed E-state index contributed by atoms with van der Waals surface area (Å²) in [6, 6.07) is 37.4. The molecule has 0 spiro atoms. The Kier molecular flexibility index (Phi) is 25.7. The van der Waals surface area contributed by atoms with Gasteiger partial charge in [-0.05, 0) is 159 Å². The van der Waals surface area contributed by atoms with Gasteiger partial charge in [0.2, 0.25) is 5.95 Å². The largest absolute Gasteiger partial charge is 0.495 e. The summed E-state index contributed by atoms with van der Waals surface area (Å²) in [7, 11) is 7.68. The van der Waals surface area contributed by atoms with Crippen molar-refractivity contribution in [1.29, 1.82) is 0 Å². The van der Waals surface area contributed by atoms with Gasteiger partial charge in [-0.15, -0.1) is 0 Å². The number of methoxy groups -OCH3 is 2. The van der Waals surface area contributed by atoms with E-state index in [9.17, 15) is 14.3 Å². The first kappa shape index (κ1) is 79.9. The van der Waals surface area contributed by atoms with Crippen molar-refractivity contribution in [2.24, 2.45) is 0 Å². The molecule has 2 saturated heterocycles. The Hall–Kier alpha value is -10.7. The van der Waals surface area contributed by atoms with Gasteiger partial charge in [-0.3, -0.25) is 14.6 Å². The first-order valence-electron chi connectivity index (χ1n) is 39.4. The molecule has 31 heteroatoms. The Morgan fingerprint density at radius 1 is 0.675 bits per heavy atom. The number of para-hydroxylation sites is 1. The fourth-order valence-corrected chi connectivity index (χ4v) is 15.8. The first-order valence-corrected chi connectivity index (χ1v) is 39.8. The molecule has 2 saturated carbocycles. The van der Waals surface area contributed by atoms with Crippen LogP contribution in [0.2, 0.25) is 5.02 Å². The minimum Gasteiger partial charge on any atom is -0.495 e. The van der Waals surface area contributed by atoms with Crippen LogP contribution in [-0.2, 0) is 17.8 Å². The van der Waals surface area contributed by atoms with Gasteiger partial charge in [-0.1, -0.05) is 54.1 Å². The van der Waals surface area contributed by atoms with Crippen LogP contribution in [0, 0.1) is 5.82 Å². The van der Waals surface area contributed by atoms with E-state index in [1.54, 1.807) is 32.5 Å². The number of aliphatic hydroxyl groups excluding tert-OH is 1. The Balaban J connectivity index is 0.000000143. The van der Waals surface area contributed by atoms with Crippen LogP contribution in [0.4, 0.5) is 44.9 Å². The number of hydrogen-bond acceptors (Lipinski definition) is 24. The predicted molar refractivity (Wildman–Crippen MR) is 448 cm³/mol. The minimum atomic E-state index is -0.556. The number of aliphatic hydroxyl groups is 1.